The monoisotopic (exact) mass is 327 g/mol. The number of rotatable bonds is 3. The fourth-order valence-electron chi connectivity index (χ4n) is 2.38. The fraction of sp³-hybridized carbons (Fsp3) is 0.111. The molecule has 116 valence electrons. The highest BCUT2D eigenvalue weighted by Gasteiger charge is 2.18. The van der Waals surface area contributed by atoms with E-state index >= 15 is 0 Å². The number of ether oxygens (including phenoxy) is 1. The van der Waals surface area contributed by atoms with Gasteiger partial charge in [0.2, 0.25) is 0 Å². The Bertz CT molecular complexity index is 879. The van der Waals surface area contributed by atoms with Crippen LogP contribution in [-0.2, 0) is 4.74 Å². The third-order valence-corrected chi connectivity index (χ3v) is 3.83. The van der Waals surface area contributed by atoms with E-state index < -0.39 is 12.1 Å². The second-order valence-electron chi connectivity index (χ2n) is 5.14. The quantitative estimate of drug-likeness (QED) is 0.568. The summed E-state index contributed by atoms with van der Waals surface area (Å²) in [5.41, 5.74) is 0.870. The number of aromatic hydroxyl groups is 1. The van der Waals surface area contributed by atoms with Crippen LogP contribution in [0.25, 0.3) is 10.8 Å². The molecule has 3 aromatic rings. The van der Waals surface area contributed by atoms with Crippen LogP contribution in [0.5, 0.6) is 5.75 Å². The molecule has 0 radical (unpaired) electrons. The molecule has 1 N–H and O–H groups in total. The SMILES string of the molecule is C[C@@H](OC(=O)c1ccc2ccccc2c1O)c1ccnc(Cl)c1. The molecule has 5 heteroatoms. The van der Waals surface area contributed by atoms with Crippen molar-refractivity contribution in [2.75, 3.05) is 0 Å². The van der Waals surface area contributed by atoms with Crippen LogP contribution in [0.1, 0.15) is 28.9 Å². The lowest BCUT2D eigenvalue weighted by Crippen LogP contribution is -2.09. The molecule has 1 atom stereocenters. The van der Waals surface area contributed by atoms with Gasteiger partial charge < -0.3 is 9.84 Å². The molecule has 0 amide bonds. The van der Waals surface area contributed by atoms with E-state index in [-0.39, 0.29) is 11.3 Å². The minimum absolute atomic E-state index is 0.0759. The number of benzene rings is 2. The Morgan fingerprint density at radius 1 is 1.22 bits per heavy atom. The molecule has 0 spiro atoms. The second kappa shape index (κ2) is 6.26. The number of phenolic OH excluding ortho intramolecular Hbond substituents is 1. The Labute approximate surface area is 138 Å². The van der Waals surface area contributed by atoms with Crippen molar-refractivity contribution < 1.29 is 14.6 Å². The zero-order valence-corrected chi connectivity index (χ0v) is 13.1. The van der Waals surface area contributed by atoms with Crippen LogP contribution < -0.4 is 0 Å². The molecule has 0 unspecified atom stereocenters. The van der Waals surface area contributed by atoms with Gasteiger partial charge in [0.1, 0.15) is 22.6 Å². The number of nitrogens with zero attached hydrogens (tertiary/aromatic N) is 1. The zero-order chi connectivity index (χ0) is 16.4. The number of hydrogen-bond donors (Lipinski definition) is 1. The molecule has 0 saturated heterocycles. The van der Waals surface area contributed by atoms with Gasteiger partial charge in [-0.3, -0.25) is 0 Å². The van der Waals surface area contributed by atoms with Crippen LogP contribution in [0.15, 0.2) is 54.7 Å². The van der Waals surface area contributed by atoms with Gasteiger partial charge in [-0.2, -0.15) is 0 Å². The molecule has 1 heterocycles. The summed E-state index contributed by atoms with van der Waals surface area (Å²) in [6, 6.07) is 14.0. The highest BCUT2D eigenvalue weighted by atomic mass is 35.5. The van der Waals surface area contributed by atoms with E-state index in [9.17, 15) is 9.90 Å². The standard InChI is InChI=1S/C18H14ClNO3/c1-11(13-8-9-20-16(19)10-13)23-18(22)15-7-6-12-4-2-3-5-14(12)17(15)21/h2-11,21H,1H3/t11-/m1/s1. The van der Waals surface area contributed by atoms with Gasteiger partial charge in [-0.05, 0) is 36.1 Å². The molecule has 1 aromatic heterocycles. The second-order valence-corrected chi connectivity index (χ2v) is 5.53. The van der Waals surface area contributed by atoms with Crippen molar-refractivity contribution in [3.63, 3.8) is 0 Å². The first-order valence-corrected chi connectivity index (χ1v) is 7.47. The van der Waals surface area contributed by atoms with Crippen molar-refractivity contribution in [3.8, 4) is 5.75 Å². The normalized spacial score (nSPS) is 12.1. The van der Waals surface area contributed by atoms with Crippen molar-refractivity contribution in [2.24, 2.45) is 0 Å². The Balaban J connectivity index is 1.87. The van der Waals surface area contributed by atoms with Crippen LogP contribution in [0.3, 0.4) is 0 Å². The van der Waals surface area contributed by atoms with E-state index in [1.807, 2.05) is 12.1 Å². The van der Waals surface area contributed by atoms with Crippen molar-refractivity contribution in [2.45, 2.75) is 13.0 Å². The van der Waals surface area contributed by atoms with E-state index in [0.29, 0.717) is 10.5 Å². The minimum atomic E-state index is -0.589. The molecule has 0 aliphatic rings. The maximum atomic E-state index is 12.3. The first-order chi connectivity index (χ1) is 11.1. The lowest BCUT2D eigenvalue weighted by molar-refractivity contribution is 0.0335. The lowest BCUT2D eigenvalue weighted by atomic mass is 10.1. The number of hydrogen-bond acceptors (Lipinski definition) is 4. The van der Waals surface area contributed by atoms with Crippen molar-refractivity contribution in [3.05, 3.63) is 71.0 Å². The summed E-state index contributed by atoms with van der Waals surface area (Å²) in [6.07, 6.45) is 1.05. The van der Waals surface area contributed by atoms with Gasteiger partial charge in [-0.1, -0.05) is 41.9 Å². The van der Waals surface area contributed by atoms with Gasteiger partial charge in [0.05, 0.1) is 0 Å². The Morgan fingerprint density at radius 3 is 2.78 bits per heavy atom. The third-order valence-electron chi connectivity index (χ3n) is 3.62. The molecule has 0 saturated carbocycles. The molecule has 0 aliphatic carbocycles. The van der Waals surface area contributed by atoms with Crippen LogP contribution in [-0.4, -0.2) is 16.1 Å². The van der Waals surface area contributed by atoms with E-state index in [2.05, 4.69) is 4.98 Å². The first kappa shape index (κ1) is 15.3. The van der Waals surface area contributed by atoms with E-state index in [1.54, 1.807) is 49.5 Å². The molecule has 23 heavy (non-hydrogen) atoms. The zero-order valence-electron chi connectivity index (χ0n) is 12.4. The summed E-state index contributed by atoms with van der Waals surface area (Å²) in [7, 11) is 0. The highest BCUT2D eigenvalue weighted by Crippen LogP contribution is 2.30. The summed E-state index contributed by atoms with van der Waals surface area (Å²) in [4.78, 5) is 16.2. The smallest absolute Gasteiger partial charge is 0.342 e. The Kier molecular flexibility index (Phi) is 4.17. The van der Waals surface area contributed by atoms with Crippen LogP contribution in [0.2, 0.25) is 5.15 Å². The number of phenols is 1. The van der Waals surface area contributed by atoms with Gasteiger partial charge >= 0.3 is 5.97 Å². The molecule has 0 bridgehead atoms. The van der Waals surface area contributed by atoms with Crippen molar-refractivity contribution in [1.29, 1.82) is 0 Å². The first-order valence-electron chi connectivity index (χ1n) is 7.09. The number of halogens is 1. The summed E-state index contributed by atoms with van der Waals surface area (Å²) in [5.74, 6) is -0.665. The van der Waals surface area contributed by atoms with Gasteiger partial charge in [0, 0.05) is 11.6 Å². The van der Waals surface area contributed by atoms with Gasteiger partial charge in [0.15, 0.2) is 0 Å². The predicted octanol–water partition coefficient (Wildman–Crippen LogP) is 4.51. The van der Waals surface area contributed by atoms with Crippen LogP contribution >= 0.6 is 11.6 Å². The topological polar surface area (TPSA) is 59.4 Å². The number of aromatic nitrogens is 1. The number of carbonyl (C=O) groups excluding carboxylic acids is 1. The van der Waals surface area contributed by atoms with Gasteiger partial charge in [0.25, 0.3) is 0 Å². The molecule has 2 aromatic carbocycles. The summed E-state index contributed by atoms with van der Waals surface area (Å²) < 4.78 is 5.42. The largest absolute Gasteiger partial charge is 0.506 e. The Hall–Kier alpha value is -2.59. The number of pyridine rings is 1. The maximum absolute atomic E-state index is 12.3. The van der Waals surface area contributed by atoms with Gasteiger partial charge in [-0.25, -0.2) is 9.78 Å². The Morgan fingerprint density at radius 2 is 2.00 bits per heavy atom. The number of fused-ring (bicyclic) bond motifs is 1. The van der Waals surface area contributed by atoms with Crippen LogP contribution in [0.4, 0.5) is 0 Å². The van der Waals surface area contributed by atoms with E-state index in [4.69, 9.17) is 16.3 Å². The minimum Gasteiger partial charge on any atom is -0.506 e. The molecule has 3 rings (SSSR count). The highest BCUT2D eigenvalue weighted by molar-refractivity contribution is 6.29. The molecular weight excluding hydrogens is 314 g/mol. The van der Waals surface area contributed by atoms with Crippen molar-refractivity contribution >= 4 is 28.3 Å². The summed E-state index contributed by atoms with van der Waals surface area (Å²) >= 11 is 5.84. The van der Waals surface area contributed by atoms with Crippen molar-refractivity contribution in [1.82, 2.24) is 4.98 Å². The third kappa shape index (κ3) is 3.12. The molecular formula is C18H14ClNO3. The molecule has 0 fully saturated rings. The lowest BCUT2D eigenvalue weighted by Gasteiger charge is -2.15. The summed E-state index contributed by atoms with van der Waals surface area (Å²) in [5, 5.41) is 12.1. The average molecular weight is 328 g/mol. The van der Waals surface area contributed by atoms with Gasteiger partial charge in [-0.15, -0.1) is 0 Å². The van der Waals surface area contributed by atoms with Crippen LogP contribution in [0, 0.1) is 0 Å². The fourth-order valence-corrected chi connectivity index (χ4v) is 2.56. The number of carbonyl (C=O) groups is 1. The average Bonchev–Trinajstić information content (AvgIpc) is 2.55. The van der Waals surface area contributed by atoms with E-state index in [0.717, 1.165) is 10.9 Å². The maximum Gasteiger partial charge on any atom is 0.342 e. The predicted molar refractivity (Wildman–Crippen MR) is 88.7 cm³/mol. The number of esters is 1. The summed E-state index contributed by atoms with van der Waals surface area (Å²) in [6.45, 7) is 1.74. The van der Waals surface area contributed by atoms with E-state index in [1.165, 1.54) is 0 Å². The molecule has 4 nitrogen and oxygen atoms in total. The molecule has 0 aliphatic heterocycles.